The SMILES string of the molecule is O=C(C1CCCCCC1)N(CCBr)Cc1ccccc1. The minimum Gasteiger partial charge on any atom is -0.337 e. The number of halogens is 1. The van der Waals surface area contributed by atoms with Crippen LogP contribution in [0.5, 0.6) is 0 Å². The van der Waals surface area contributed by atoms with Gasteiger partial charge in [0.05, 0.1) is 0 Å². The Morgan fingerprint density at radius 3 is 2.35 bits per heavy atom. The molecule has 20 heavy (non-hydrogen) atoms. The molecule has 1 aromatic rings. The van der Waals surface area contributed by atoms with Gasteiger partial charge in [-0.2, -0.15) is 0 Å². The molecule has 1 aliphatic carbocycles. The van der Waals surface area contributed by atoms with Crippen molar-refractivity contribution in [2.24, 2.45) is 5.92 Å². The second kappa shape index (κ2) is 8.46. The molecule has 0 spiro atoms. The topological polar surface area (TPSA) is 20.3 Å². The summed E-state index contributed by atoms with van der Waals surface area (Å²) in [5, 5.41) is 0.846. The zero-order chi connectivity index (χ0) is 14.2. The Labute approximate surface area is 130 Å². The summed E-state index contributed by atoms with van der Waals surface area (Å²) >= 11 is 3.48. The molecule has 3 heteroatoms. The van der Waals surface area contributed by atoms with E-state index in [0.29, 0.717) is 5.91 Å². The van der Waals surface area contributed by atoms with Gasteiger partial charge in [-0.25, -0.2) is 0 Å². The zero-order valence-corrected chi connectivity index (χ0v) is 13.6. The fourth-order valence-electron chi connectivity index (χ4n) is 2.96. The normalized spacial score (nSPS) is 16.6. The van der Waals surface area contributed by atoms with Gasteiger partial charge in [0.2, 0.25) is 5.91 Å². The molecule has 1 aliphatic rings. The van der Waals surface area contributed by atoms with Crippen LogP contribution >= 0.6 is 15.9 Å². The maximum atomic E-state index is 12.8. The number of hydrogen-bond acceptors (Lipinski definition) is 1. The van der Waals surface area contributed by atoms with Crippen molar-refractivity contribution in [3.05, 3.63) is 35.9 Å². The highest BCUT2D eigenvalue weighted by Crippen LogP contribution is 2.25. The second-order valence-corrected chi connectivity index (χ2v) is 6.42. The first kappa shape index (κ1) is 15.6. The van der Waals surface area contributed by atoms with Crippen molar-refractivity contribution in [3.8, 4) is 0 Å². The van der Waals surface area contributed by atoms with Gasteiger partial charge < -0.3 is 4.90 Å². The fraction of sp³-hybridized carbons (Fsp3) is 0.588. The molecule has 0 bridgehead atoms. The Morgan fingerprint density at radius 1 is 1.10 bits per heavy atom. The van der Waals surface area contributed by atoms with E-state index in [2.05, 4.69) is 28.1 Å². The van der Waals surface area contributed by atoms with Crippen LogP contribution < -0.4 is 0 Å². The molecule has 0 atom stereocenters. The predicted molar refractivity (Wildman–Crippen MR) is 86.8 cm³/mol. The lowest BCUT2D eigenvalue weighted by Gasteiger charge is -2.26. The number of alkyl halides is 1. The molecule has 0 aromatic heterocycles. The van der Waals surface area contributed by atoms with Gasteiger partial charge in [0.1, 0.15) is 0 Å². The van der Waals surface area contributed by atoms with Gasteiger partial charge in [-0.1, -0.05) is 71.9 Å². The molecule has 110 valence electrons. The van der Waals surface area contributed by atoms with Crippen molar-refractivity contribution in [3.63, 3.8) is 0 Å². The number of carbonyl (C=O) groups is 1. The predicted octanol–water partition coefficient (Wildman–Crippen LogP) is 4.38. The third-order valence-electron chi connectivity index (χ3n) is 4.09. The minimum atomic E-state index is 0.250. The van der Waals surface area contributed by atoms with Gasteiger partial charge in [-0.05, 0) is 18.4 Å². The number of hydrogen-bond donors (Lipinski definition) is 0. The van der Waals surface area contributed by atoms with Gasteiger partial charge in [-0.15, -0.1) is 0 Å². The molecule has 1 amide bonds. The van der Waals surface area contributed by atoms with Crippen LogP contribution in [0, 0.1) is 5.92 Å². The Bertz CT molecular complexity index is 399. The average molecular weight is 338 g/mol. The second-order valence-electron chi connectivity index (χ2n) is 5.62. The maximum Gasteiger partial charge on any atom is 0.226 e. The van der Waals surface area contributed by atoms with Crippen LogP contribution in [-0.2, 0) is 11.3 Å². The summed E-state index contributed by atoms with van der Waals surface area (Å²) in [6.45, 7) is 1.53. The molecule has 0 saturated heterocycles. The summed E-state index contributed by atoms with van der Waals surface area (Å²) in [6, 6.07) is 10.3. The van der Waals surface area contributed by atoms with E-state index < -0.39 is 0 Å². The fourth-order valence-corrected chi connectivity index (χ4v) is 3.39. The monoisotopic (exact) mass is 337 g/mol. The third-order valence-corrected chi connectivity index (χ3v) is 4.44. The highest BCUT2D eigenvalue weighted by molar-refractivity contribution is 9.09. The van der Waals surface area contributed by atoms with Crippen LogP contribution in [0.4, 0.5) is 0 Å². The lowest BCUT2D eigenvalue weighted by Crippen LogP contribution is -2.37. The molecule has 1 saturated carbocycles. The van der Waals surface area contributed by atoms with Crippen LogP contribution in [-0.4, -0.2) is 22.7 Å². The lowest BCUT2D eigenvalue weighted by atomic mass is 9.98. The zero-order valence-electron chi connectivity index (χ0n) is 12.1. The standard InChI is InChI=1S/C17H24BrNO/c18-12-13-19(14-15-8-4-3-5-9-15)17(20)16-10-6-1-2-7-11-16/h3-5,8-9,16H,1-2,6-7,10-14H2. The molecule has 0 heterocycles. The number of nitrogens with zero attached hydrogens (tertiary/aromatic N) is 1. The van der Waals surface area contributed by atoms with Crippen LogP contribution in [0.2, 0.25) is 0 Å². The molecule has 0 aliphatic heterocycles. The summed E-state index contributed by atoms with van der Waals surface area (Å²) in [5.74, 6) is 0.607. The van der Waals surface area contributed by atoms with E-state index in [9.17, 15) is 4.79 Å². The number of amides is 1. The highest BCUT2D eigenvalue weighted by atomic mass is 79.9. The van der Waals surface area contributed by atoms with Gasteiger partial charge in [0.25, 0.3) is 0 Å². The van der Waals surface area contributed by atoms with Gasteiger partial charge in [0.15, 0.2) is 0 Å². The molecule has 1 aromatic carbocycles. The van der Waals surface area contributed by atoms with Crippen molar-refractivity contribution < 1.29 is 4.79 Å². The first-order valence-corrected chi connectivity index (χ1v) is 8.82. The molecule has 2 rings (SSSR count). The maximum absolute atomic E-state index is 12.8. The summed E-state index contributed by atoms with van der Waals surface area (Å²) in [7, 11) is 0. The summed E-state index contributed by atoms with van der Waals surface area (Å²) in [5.41, 5.74) is 1.22. The number of benzene rings is 1. The van der Waals surface area contributed by atoms with Gasteiger partial charge >= 0.3 is 0 Å². The van der Waals surface area contributed by atoms with E-state index in [1.807, 2.05) is 23.1 Å². The van der Waals surface area contributed by atoms with E-state index in [-0.39, 0.29) is 5.92 Å². The van der Waals surface area contributed by atoms with Gasteiger partial charge in [0, 0.05) is 24.3 Å². The molecule has 0 radical (unpaired) electrons. The first-order valence-electron chi connectivity index (χ1n) is 7.70. The third kappa shape index (κ3) is 4.62. The smallest absolute Gasteiger partial charge is 0.226 e. The largest absolute Gasteiger partial charge is 0.337 e. The van der Waals surface area contributed by atoms with Crippen molar-refractivity contribution in [1.82, 2.24) is 4.90 Å². The Morgan fingerprint density at radius 2 is 1.75 bits per heavy atom. The molecule has 0 unspecified atom stereocenters. The molecule has 0 N–H and O–H groups in total. The van der Waals surface area contributed by atoms with E-state index in [1.165, 1.54) is 31.2 Å². The van der Waals surface area contributed by atoms with Crippen molar-refractivity contribution in [1.29, 1.82) is 0 Å². The number of rotatable bonds is 5. The van der Waals surface area contributed by atoms with Crippen LogP contribution in [0.25, 0.3) is 0 Å². The molecular weight excluding hydrogens is 314 g/mol. The minimum absolute atomic E-state index is 0.250. The van der Waals surface area contributed by atoms with Crippen molar-refractivity contribution in [2.75, 3.05) is 11.9 Å². The Balaban J connectivity index is 2.01. The van der Waals surface area contributed by atoms with Gasteiger partial charge in [-0.3, -0.25) is 4.79 Å². The van der Waals surface area contributed by atoms with Crippen LogP contribution in [0.1, 0.15) is 44.1 Å². The summed E-state index contributed by atoms with van der Waals surface area (Å²) in [6.07, 6.45) is 7.16. The first-order chi connectivity index (χ1) is 9.81. The number of carbonyl (C=O) groups excluding carboxylic acids is 1. The van der Waals surface area contributed by atoms with E-state index in [1.54, 1.807) is 0 Å². The lowest BCUT2D eigenvalue weighted by molar-refractivity contribution is -0.136. The van der Waals surface area contributed by atoms with Crippen LogP contribution in [0.3, 0.4) is 0 Å². The van der Waals surface area contributed by atoms with Crippen LogP contribution in [0.15, 0.2) is 30.3 Å². The summed E-state index contributed by atoms with van der Waals surface area (Å²) in [4.78, 5) is 14.8. The van der Waals surface area contributed by atoms with Crippen molar-refractivity contribution >= 4 is 21.8 Å². The molecular formula is C17H24BrNO. The average Bonchev–Trinajstić information content (AvgIpc) is 2.76. The van der Waals surface area contributed by atoms with E-state index in [4.69, 9.17) is 0 Å². The Hall–Kier alpha value is -0.830. The molecule has 2 nitrogen and oxygen atoms in total. The van der Waals surface area contributed by atoms with E-state index >= 15 is 0 Å². The van der Waals surface area contributed by atoms with Crippen molar-refractivity contribution in [2.45, 2.75) is 45.1 Å². The molecule has 1 fully saturated rings. The Kier molecular flexibility index (Phi) is 6.58. The summed E-state index contributed by atoms with van der Waals surface area (Å²) < 4.78 is 0. The van der Waals surface area contributed by atoms with E-state index in [0.717, 1.165) is 31.3 Å². The quantitative estimate of drug-likeness (QED) is 0.576. The highest BCUT2D eigenvalue weighted by Gasteiger charge is 2.24.